The maximum atomic E-state index is 13.1. The fraction of sp³-hybridized carbons (Fsp3) is 0.280. The summed E-state index contributed by atoms with van der Waals surface area (Å²) in [4.78, 5) is 9.06. The molecule has 4 aromatic rings. The second kappa shape index (κ2) is 8.51. The van der Waals surface area contributed by atoms with E-state index in [0.29, 0.717) is 30.2 Å². The summed E-state index contributed by atoms with van der Waals surface area (Å²) in [6.45, 7) is 3.38. The molecule has 170 valence electrons. The maximum absolute atomic E-state index is 13.1. The highest BCUT2D eigenvalue weighted by atomic mass is 19.4. The third-order valence-corrected chi connectivity index (χ3v) is 5.95. The Kier molecular flexibility index (Phi) is 5.54. The molecular weight excluding hydrogens is 429 g/mol. The second-order valence-corrected chi connectivity index (χ2v) is 8.28. The number of benzene rings is 2. The lowest BCUT2D eigenvalue weighted by Gasteiger charge is -2.24. The van der Waals surface area contributed by atoms with E-state index in [-0.39, 0.29) is 6.04 Å². The molecule has 0 spiro atoms. The van der Waals surface area contributed by atoms with Crippen LogP contribution in [0.25, 0.3) is 27.8 Å². The van der Waals surface area contributed by atoms with E-state index in [1.54, 1.807) is 0 Å². The van der Waals surface area contributed by atoms with Crippen molar-refractivity contribution in [3.05, 3.63) is 72.2 Å². The first-order valence-electron chi connectivity index (χ1n) is 10.8. The van der Waals surface area contributed by atoms with Gasteiger partial charge in [0.2, 0.25) is 0 Å². The van der Waals surface area contributed by atoms with Gasteiger partial charge < -0.3 is 14.6 Å². The average Bonchev–Trinajstić information content (AvgIpc) is 3.20. The summed E-state index contributed by atoms with van der Waals surface area (Å²) in [7, 11) is 0. The van der Waals surface area contributed by atoms with Crippen molar-refractivity contribution < 1.29 is 17.9 Å². The van der Waals surface area contributed by atoms with Crippen LogP contribution in [0.1, 0.15) is 24.0 Å². The number of hydrogen-bond donors (Lipinski definition) is 1. The van der Waals surface area contributed by atoms with Crippen molar-refractivity contribution in [1.82, 2.24) is 14.5 Å². The number of nitrogens with one attached hydrogen (secondary N) is 1. The van der Waals surface area contributed by atoms with Gasteiger partial charge >= 0.3 is 6.18 Å². The molecule has 0 aliphatic carbocycles. The molecule has 1 N–H and O–H groups in total. The minimum atomic E-state index is -4.38. The van der Waals surface area contributed by atoms with Gasteiger partial charge in [0.15, 0.2) is 5.65 Å². The van der Waals surface area contributed by atoms with Gasteiger partial charge in [0.05, 0.1) is 10.9 Å². The number of anilines is 1. The van der Waals surface area contributed by atoms with Crippen molar-refractivity contribution in [2.24, 2.45) is 0 Å². The van der Waals surface area contributed by atoms with Gasteiger partial charge in [-0.2, -0.15) is 13.2 Å². The SMILES string of the molecule is Cc1cccc(-n2cc(-c3ccc(C(F)(F)F)cc3)c3c(NC4CCOCC4)ncnc32)c1. The van der Waals surface area contributed by atoms with Crippen molar-refractivity contribution in [3.8, 4) is 16.8 Å². The quantitative estimate of drug-likeness (QED) is 0.412. The molecule has 1 aliphatic heterocycles. The Labute approximate surface area is 189 Å². The zero-order valence-corrected chi connectivity index (χ0v) is 18.1. The molecule has 0 atom stereocenters. The Hall–Kier alpha value is -3.39. The van der Waals surface area contributed by atoms with Gasteiger partial charge in [-0.25, -0.2) is 9.97 Å². The number of nitrogens with zero attached hydrogens (tertiary/aromatic N) is 3. The molecule has 0 bridgehead atoms. The van der Waals surface area contributed by atoms with Crippen LogP contribution in [0.5, 0.6) is 0 Å². The topological polar surface area (TPSA) is 52.0 Å². The first kappa shape index (κ1) is 21.5. The Bertz CT molecular complexity index is 1280. The molecule has 0 saturated carbocycles. The van der Waals surface area contributed by atoms with Crippen molar-refractivity contribution in [3.63, 3.8) is 0 Å². The van der Waals surface area contributed by atoms with Gasteiger partial charge in [-0.15, -0.1) is 0 Å². The van der Waals surface area contributed by atoms with Crippen LogP contribution in [0.4, 0.5) is 19.0 Å². The molecule has 2 aromatic carbocycles. The minimum absolute atomic E-state index is 0.208. The normalized spacial score (nSPS) is 15.2. The summed E-state index contributed by atoms with van der Waals surface area (Å²) >= 11 is 0. The average molecular weight is 452 g/mol. The molecule has 1 saturated heterocycles. The van der Waals surface area contributed by atoms with Crippen LogP contribution in [-0.4, -0.2) is 33.8 Å². The van der Waals surface area contributed by atoms with Gasteiger partial charge in [0.25, 0.3) is 0 Å². The summed E-state index contributed by atoms with van der Waals surface area (Å²) in [5.41, 5.74) is 3.49. The van der Waals surface area contributed by atoms with E-state index in [1.807, 2.05) is 42.0 Å². The lowest BCUT2D eigenvalue weighted by Crippen LogP contribution is -2.28. The number of aromatic nitrogens is 3. The Balaban J connectivity index is 1.67. The van der Waals surface area contributed by atoms with E-state index in [0.717, 1.165) is 47.2 Å². The summed E-state index contributed by atoms with van der Waals surface area (Å²) < 4.78 is 46.8. The molecule has 2 aromatic heterocycles. The van der Waals surface area contributed by atoms with Gasteiger partial charge in [-0.05, 0) is 55.2 Å². The maximum Gasteiger partial charge on any atom is 0.416 e. The van der Waals surface area contributed by atoms with E-state index in [4.69, 9.17) is 4.74 Å². The van der Waals surface area contributed by atoms with E-state index >= 15 is 0 Å². The zero-order valence-electron chi connectivity index (χ0n) is 18.1. The Morgan fingerprint density at radius 3 is 2.48 bits per heavy atom. The number of rotatable bonds is 4. The van der Waals surface area contributed by atoms with Crippen LogP contribution in [0.2, 0.25) is 0 Å². The van der Waals surface area contributed by atoms with Gasteiger partial charge in [-0.1, -0.05) is 24.3 Å². The van der Waals surface area contributed by atoms with E-state index < -0.39 is 11.7 Å². The van der Waals surface area contributed by atoms with E-state index in [2.05, 4.69) is 15.3 Å². The molecule has 5 nitrogen and oxygen atoms in total. The molecule has 3 heterocycles. The summed E-state index contributed by atoms with van der Waals surface area (Å²) in [6.07, 6.45) is 0.783. The Morgan fingerprint density at radius 2 is 1.79 bits per heavy atom. The number of hydrogen-bond acceptors (Lipinski definition) is 4. The number of fused-ring (bicyclic) bond motifs is 1. The first-order valence-corrected chi connectivity index (χ1v) is 10.8. The van der Waals surface area contributed by atoms with Crippen LogP contribution in [0.3, 0.4) is 0 Å². The zero-order chi connectivity index (χ0) is 23.0. The van der Waals surface area contributed by atoms with Gasteiger partial charge in [-0.3, -0.25) is 0 Å². The molecule has 5 rings (SSSR count). The van der Waals surface area contributed by atoms with Crippen LogP contribution in [0, 0.1) is 6.92 Å². The highest BCUT2D eigenvalue weighted by Gasteiger charge is 2.30. The van der Waals surface area contributed by atoms with Crippen molar-refractivity contribution >= 4 is 16.9 Å². The van der Waals surface area contributed by atoms with Gasteiger partial charge in [0.1, 0.15) is 12.1 Å². The predicted molar refractivity (Wildman–Crippen MR) is 122 cm³/mol. The molecular formula is C25H23F3N4O. The molecule has 1 fully saturated rings. The fourth-order valence-corrected chi connectivity index (χ4v) is 4.24. The summed E-state index contributed by atoms with van der Waals surface area (Å²) in [5.74, 6) is 0.674. The third kappa shape index (κ3) is 4.30. The number of ether oxygens (including phenoxy) is 1. The van der Waals surface area contributed by atoms with Crippen LogP contribution in [0.15, 0.2) is 61.1 Å². The standard InChI is InChI=1S/C25H23F3N4O/c1-16-3-2-4-20(13-16)32-14-21(17-5-7-18(8-6-17)25(26,27)28)22-23(29-15-30-24(22)32)31-19-9-11-33-12-10-19/h2-8,13-15,19H,9-12H2,1H3,(H,29,30,31). The summed E-state index contributed by atoms with van der Waals surface area (Å²) in [6, 6.07) is 13.4. The molecule has 33 heavy (non-hydrogen) atoms. The minimum Gasteiger partial charge on any atom is -0.381 e. The molecule has 0 radical (unpaired) electrons. The number of alkyl halides is 3. The first-order chi connectivity index (χ1) is 15.9. The Morgan fingerprint density at radius 1 is 1.03 bits per heavy atom. The monoisotopic (exact) mass is 452 g/mol. The number of aryl methyl sites for hydroxylation is 1. The highest BCUT2D eigenvalue weighted by Crippen LogP contribution is 2.37. The predicted octanol–water partition coefficient (Wildman–Crippen LogP) is 6.01. The van der Waals surface area contributed by atoms with Crippen LogP contribution >= 0.6 is 0 Å². The van der Waals surface area contributed by atoms with Crippen LogP contribution < -0.4 is 5.32 Å². The lowest BCUT2D eigenvalue weighted by molar-refractivity contribution is -0.137. The smallest absolute Gasteiger partial charge is 0.381 e. The van der Waals surface area contributed by atoms with Crippen LogP contribution in [-0.2, 0) is 10.9 Å². The second-order valence-electron chi connectivity index (χ2n) is 8.28. The molecule has 0 amide bonds. The van der Waals surface area contributed by atoms with E-state index in [9.17, 15) is 13.2 Å². The largest absolute Gasteiger partial charge is 0.416 e. The third-order valence-electron chi connectivity index (χ3n) is 5.95. The van der Waals surface area contributed by atoms with Gasteiger partial charge in [0, 0.05) is 36.7 Å². The number of halogens is 3. The van der Waals surface area contributed by atoms with Crippen molar-refractivity contribution in [1.29, 1.82) is 0 Å². The molecule has 0 unspecified atom stereocenters. The highest BCUT2D eigenvalue weighted by molar-refractivity contribution is 6.02. The van der Waals surface area contributed by atoms with Crippen molar-refractivity contribution in [2.45, 2.75) is 32.0 Å². The fourth-order valence-electron chi connectivity index (χ4n) is 4.24. The lowest BCUT2D eigenvalue weighted by atomic mass is 10.0. The summed E-state index contributed by atoms with van der Waals surface area (Å²) in [5, 5.41) is 4.30. The van der Waals surface area contributed by atoms with Crippen molar-refractivity contribution in [2.75, 3.05) is 18.5 Å². The molecule has 8 heteroatoms. The molecule has 1 aliphatic rings. The van der Waals surface area contributed by atoms with E-state index in [1.165, 1.54) is 18.5 Å².